The molecule has 0 saturated heterocycles. The number of thioether (sulfide) groups is 1. The Bertz CT molecular complexity index is 369. The quantitative estimate of drug-likeness (QED) is 0.472. The van der Waals surface area contributed by atoms with Gasteiger partial charge in [-0.05, 0) is 42.5 Å². The fourth-order valence-corrected chi connectivity index (χ4v) is 2.99. The van der Waals surface area contributed by atoms with Gasteiger partial charge in [0.1, 0.15) is 0 Å². The van der Waals surface area contributed by atoms with E-state index >= 15 is 0 Å². The van der Waals surface area contributed by atoms with Gasteiger partial charge in [0.25, 0.3) is 0 Å². The molecule has 1 aromatic carbocycles. The van der Waals surface area contributed by atoms with Crippen molar-refractivity contribution in [2.45, 2.75) is 24.2 Å². The lowest BCUT2D eigenvalue weighted by molar-refractivity contribution is 0.911. The van der Waals surface area contributed by atoms with Crippen molar-refractivity contribution in [3.63, 3.8) is 0 Å². The van der Waals surface area contributed by atoms with Crippen molar-refractivity contribution in [1.29, 1.82) is 0 Å². The van der Waals surface area contributed by atoms with E-state index in [2.05, 4.69) is 37.4 Å². The number of fused-ring (bicyclic) bond motifs is 1. The lowest BCUT2D eigenvalue weighted by Crippen LogP contribution is -1.88. The van der Waals surface area contributed by atoms with Crippen LogP contribution in [0, 0.1) is 0 Å². The minimum absolute atomic E-state index is 0.790. The summed E-state index contributed by atoms with van der Waals surface area (Å²) in [5, 5.41) is 0. The van der Waals surface area contributed by atoms with Gasteiger partial charge in [-0.2, -0.15) is 12.6 Å². The number of rotatable bonds is 4. The maximum absolute atomic E-state index is 4.21. The predicted octanol–water partition coefficient (Wildman–Crippen LogP) is 3.75. The second-order valence-corrected chi connectivity index (χ2v) is 5.35. The predicted molar refractivity (Wildman–Crippen MR) is 72.2 cm³/mol. The highest BCUT2D eigenvalue weighted by Crippen LogP contribution is 2.28. The Balaban J connectivity index is 2.01. The standard InChI is InChI=1S/C13H16S2/c1-10(8-14)9-15-13-6-5-11-3-2-4-12(11)7-13/h5-7,14H,1-4,8-9H2. The van der Waals surface area contributed by atoms with Gasteiger partial charge >= 0.3 is 0 Å². The average Bonchev–Trinajstić information content (AvgIpc) is 2.72. The van der Waals surface area contributed by atoms with Gasteiger partial charge < -0.3 is 0 Å². The van der Waals surface area contributed by atoms with Crippen LogP contribution >= 0.6 is 24.4 Å². The minimum atomic E-state index is 0.790. The Morgan fingerprint density at radius 1 is 1.33 bits per heavy atom. The first kappa shape index (κ1) is 11.2. The zero-order valence-corrected chi connectivity index (χ0v) is 10.5. The number of hydrogen-bond donors (Lipinski definition) is 1. The van der Waals surface area contributed by atoms with E-state index in [1.807, 2.05) is 11.8 Å². The summed E-state index contributed by atoms with van der Waals surface area (Å²) >= 11 is 6.08. The summed E-state index contributed by atoms with van der Waals surface area (Å²) in [6, 6.07) is 6.87. The smallest absolute Gasteiger partial charge is 0.0196 e. The highest BCUT2D eigenvalue weighted by molar-refractivity contribution is 7.99. The summed E-state index contributed by atoms with van der Waals surface area (Å²) in [5.74, 6) is 1.78. The van der Waals surface area contributed by atoms with Crippen LogP contribution in [0.5, 0.6) is 0 Å². The van der Waals surface area contributed by atoms with Crippen LogP contribution in [-0.4, -0.2) is 11.5 Å². The third-order valence-corrected chi connectivity index (χ3v) is 4.32. The van der Waals surface area contributed by atoms with Crippen LogP contribution in [0.3, 0.4) is 0 Å². The zero-order chi connectivity index (χ0) is 10.7. The Morgan fingerprint density at radius 2 is 2.13 bits per heavy atom. The topological polar surface area (TPSA) is 0 Å². The molecule has 2 heteroatoms. The molecule has 0 aromatic heterocycles. The van der Waals surface area contributed by atoms with Gasteiger partial charge in [0.15, 0.2) is 0 Å². The van der Waals surface area contributed by atoms with Crippen molar-refractivity contribution >= 4 is 24.4 Å². The van der Waals surface area contributed by atoms with Gasteiger partial charge in [-0.15, -0.1) is 11.8 Å². The maximum Gasteiger partial charge on any atom is 0.0196 e. The van der Waals surface area contributed by atoms with Crippen molar-refractivity contribution in [3.8, 4) is 0 Å². The van der Waals surface area contributed by atoms with E-state index < -0.39 is 0 Å². The van der Waals surface area contributed by atoms with Crippen molar-refractivity contribution in [3.05, 3.63) is 41.5 Å². The molecule has 0 fully saturated rings. The molecule has 0 unspecified atom stereocenters. The highest BCUT2D eigenvalue weighted by Gasteiger charge is 2.10. The normalized spacial score (nSPS) is 13.9. The number of benzene rings is 1. The van der Waals surface area contributed by atoms with Gasteiger partial charge in [-0.1, -0.05) is 18.2 Å². The molecule has 0 bridgehead atoms. The SMILES string of the molecule is C=C(CS)CSc1ccc2c(c1)CCC2. The second-order valence-electron chi connectivity index (χ2n) is 3.98. The molecule has 0 spiro atoms. The molecule has 0 N–H and O–H groups in total. The van der Waals surface area contributed by atoms with E-state index in [1.165, 1.54) is 29.7 Å². The number of thiol groups is 1. The Morgan fingerprint density at radius 3 is 2.93 bits per heavy atom. The van der Waals surface area contributed by atoms with Gasteiger partial charge in [0.2, 0.25) is 0 Å². The molecule has 0 heterocycles. The molecule has 0 radical (unpaired) electrons. The Kier molecular flexibility index (Phi) is 3.81. The summed E-state index contributed by atoms with van der Waals surface area (Å²) < 4.78 is 0. The molecule has 0 nitrogen and oxygen atoms in total. The first-order valence-electron chi connectivity index (χ1n) is 5.31. The summed E-state index contributed by atoms with van der Waals surface area (Å²) in [7, 11) is 0. The first-order chi connectivity index (χ1) is 7.29. The van der Waals surface area contributed by atoms with Crippen LogP contribution in [0.2, 0.25) is 0 Å². The molecule has 1 aliphatic carbocycles. The molecule has 1 aliphatic rings. The van der Waals surface area contributed by atoms with Crippen LogP contribution in [0.15, 0.2) is 35.2 Å². The van der Waals surface area contributed by atoms with E-state index in [9.17, 15) is 0 Å². The summed E-state index contributed by atoms with van der Waals surface area (Å²) in [6.07, 6.45) is 3.85. The zero-order valence-electron chi connectivity index (χ0n) is 8.83. The maximum atomic E-state index is 4.21. The monoisotopic (exact) mass is 236 g/mol. The van der Waals surface area contributed by atoms with E-state index in [4.69, 9.17) is 0 Å². The summed E-state index contributed by atoms with van der Waals surface area (Å²) in [4.78, 5) is 1.37. The minimum Gasteiger partial charge on any atom is -0.175 e. The third-order valence-electron chi connectivity index (χ3n) is 2.74. The lowest BCUT2D eigenvalue weighted by atomic mass is 10.1. The number of hydrogen-bond acceptors (Lipinski definition) is 2. The van der Waals surface area contributed by atoms with Crippen LogP contribution in [0.25, 0.3) is 0 Å². The molecule has 1 aromatic rings. The van der Waals surface area contributed by atoms with E-state index in [1.54, 1.807) is 11.1 Å². The molecule has 0 aliphatic heterocycles. The van der Waals surface area contributed by atoms with E-state index in [-0.39, 0.29) is 0 Å². The largest absolute Gasteiger partial charge is 0.175 e. The lowest BCUT2D eigenvalue weighted by Gasteiger charge is -2.05. The summed E-state index contributed by atoms with van der Waals surface area (Å²) in [5.41, 5.74) is 4.30. The highest BCUT2D eigenvalue weighted by atomic mass is 32.2. The fourth-order valence-electron chi connectivity index (χ4n) is 1.87. The van der Waals surface area contributed by atoms with Crippen molar-refractivity contribution in [2.75, 3.05) is 11.5 Å². The van der Waals surface area contributed by atoms with Gasteiger partial charge in [0.05, 0.1) is 0 Å². The van der Waals surface area contributed by atoms with Crippen LogP contribution < -0.4 is 0 Å². The van der Waals surface area contributed by atoms with Gasteiger partial charge in [-0.25, -0.2) is 0 Å². The van der Waals surface area contributed by atoms with Gasteiger partial charge in [-0.3, -0.25) is 0 Å². The second kappa shape index (κ2) is 5.13. The van der Waals surface area contributed by atoms with E-state index in [0.29, 0.717) is 0 Å². The van der Waals surface area contributed by atoms with Gasteiger partial charge in [0, 0.05) is 16.4 Å². The molecule has 0 saturated carbocycles. The molecule has 80 valence electrons. The molecule has 0 atom stereocenters. The summed E-state index contributed by atoms with van der Waals surface area (Å²) in [6.45, 7) is 3.96. The molecule has 15 heavy (non-hydrogen) atoms. The molecule has 0 amide bonds. The van der Waals surface area contributed by atoms with Crippen molar-refractivity contribution in [2.24, 2.45) is 0 Å². The van der Waals surface area contributed by atoms with E-state index in [0.717, 1.165) is 11.5 Å². The molecular formula is C13H16S2. The molecular weight excluding hydrogens is 220 g/mol. The van der Waals surface area contributed by atoms with Crippen LogP contribution in [0.4, 0.5) is 0 Å². The van der Waals surface area contributed by atoms with Crippen molar-refractivity contribution < 1.29 is 0 Å². The first-order valence-corrected chi connectivity index (χ1v) is 6.93. The molecule has 2 rings (SSSR count). The van der Waals surface area contributed by atoms with Crippen LogP contribution in [-0.2, 0) is 12.8 Å². The number of aryl methyl sites for hydroxylation is 2. The average molecular weight is 236 g/mol. The van der Waals surface area contributed by atoms with Crippen molar-refractivity contribution in [1.82, 2.24) is 0 Å². The van der Waals surface area contributed by atoms with Crippen LogP contribution in [0.1, 0.15) is 17.5 Å². The fraction of sp³-hybridized carbons (Fsp3) is 0.385. The third kappa shape index (κ3) is 2.82. The Hall–Kier alpha value is -0.340. The Labute approximate surface area is 102 Å².